The Morgan fingerprint density at radius 1 is 0.339 bits per heavy atom. The molecule has 0 radical (unpaired) electrons. The quantitative estimate of drug-likeness (QED) is 0.0262. The van der Waals surface area contributed by atoms with Gasteiger partial charge in [-0.1, -0.05) is 216 Å². The van der Waals surface area contributed by atoms with Crippen molar-refractivity contribution < 1.29 is 28.6 Å². The first-order chi connectivity index (χ1) is 30.5. The molecule has 1 atom stereocenters. The average molecular weight is 867 g/mol. The molecule has 0 aromatic rings. The highest BCUT2D eigenvalue weighted by Gasteiger charge is 2.19. The molecule has 0 amide bonds. The molecule has 0 spiro atoms. The van der Waals surface area contributed by atoms with E-state index in [1.807, 2.05) is 0 Å². The van der Waals surface area contributed by atoms with Crippen LogP contribution in [-0.4, -0.2) is 37.2 Å². The maximum absolute atomic E-state index is 12.8. The van der Waals surface area contributed by atoms with Crippen LogP contribution in [0, 0.1) is 0 Å². The molecule has 0 rings (SSSR count). The molecule has 0 saturated carbocycles. The second-order valence-electron chi connectivity index (χ2n) is 17.4. The van der Waals surface area contributed by atoms with Crippen LogP contribution in [0.3, 0.4) is 0 Å². The van der Waals surface area contributed by atoms with E-state index in [9.17, 15) is 14.4 Å². The molecule has 0 fully saturated rings. The second-order valence-corrected chi connectivity index (χ2v) is 17.4. The van der Waals surface area contributed by atoms with E-state index in [4.69, 9.17) is 14.2 Å². The molecule has 6 nitrogen and oxygen atoms in total. The monoisotopic (exact) mass is 867 g/mol. The Morgan fingerprint density at radius 3 is 1.00 bits per heavy atom. The van der Waals surface area contributed by atoms with Crippen molar-refractivity contribution in [2.75, 3.05) is 13.2 Å². The van der Waals surface area contributed by atoms with Crippen molar-refractivity contribution in [2.45, 2.75) is 264 Å². The summed E-state index contributed by atoms with van der Waals surface area (Å²) in [5.41, 5.74) is 0. The van der Waals surface area contributed by atoms with Gasteiger partial charge < -0.3 is 14.2 Å². The highest BCUT2D eigenvalue weighted by molar-refractivity contribution is 5.71. The van der Waals surface area contributed by atoms with Crippen LogP contribution in [0.25, 0.3) is 0 Å². The summed E-state index contributed by atoms with van der Waals surface area (Å²) >= 11 is 0. The number of ether oxygens (including phenoxy) is 3. The number of allylic oxidation sites excluding steroid dienone is 10. The van der Waals surface area contributed by atoms with E-state index in [1.54, 1.807) is 0 Å². The van der Waals surface area contributed by atoms with Gasteiger partial charge in [0.1, 0.15) is 13.2 Å². The number of hydrogen-bond acceptors (Lipinski definition) is 6. The van der Waals surface area contributed by atoms with Gasteiger partial charge in [0.25, 0.3) is 0 Å². The van der Waals surface area contributed by atoms with E-state index in [2.05, 4.69) is 81.5 Å². The molecule has 0 aromatic heterocycles. The van der Waals surface area contributed by atoms with E-state index in [-0.39, 0.29) is 31.1 Å². The molecule has 0 bridgehead atoms. The van der Waals surface area contributed by atoms with Crippen LogP contribution in [-0.2, 0) is 28.6 Å². The number of hydrogen-bond donors (Lipinski definition) is 0. The lowest BCUT2D eigenvalue weighted by Crippen LogP contribution is -2.30. The fourth-order valence-corrected chi connectivity index (χ4v) is 7.31. The number of carbonyl (C=O) groups is 3. The van der Waals surface area contributed by atoms with Crippen molar-refractivity contribution >= 4 is 17.9 Å². The van der Waals surface area contributed by atoms with Gasteiger partial charge in [0.15, 0.2) is 6.10 Å². The van der Waals surface area contributed by atoms with Crippen LogP contribution >= 0.6 is 0 Å². The lowest BCUT2D eigenvalue weighted by atomic mass is 10.1. The Morgan fingerprint density at radius 2 is 0.629 bits per heavy atom. The maximum Gasteiger partial charge on any atom is 0.306 e. The molecule has 0 heterocycles. The summed E-state index contributed by atoms with van der Waals surface area (Å²) in [7, 11) is 0. The average Bonchev–Trinajstić information content (AvgIpc) is 3.27. The fourth-order valence-electron chi connectivity index (χ4n) is 7.31. The first-order valence-electron chi connectivity index (χ1n) is 26.3. The van der Waals surface area contributed by atoms with Crippen molar-refractivity contribution in [3.8, 4) is 0 Å². The van der Waals surface area contributed by atoms with Gasteiger partial charge in [-0.15, -0.1) is 0 Å². The molecule has 0 aliphatic carbocycles. The summed E-state index contributed by atoms with van der Waals surface area (Å²) in [6.07, 6.45) is 62.1. The topological polar surface area (TPSA) is 78.9 Å². The molecule has 0 N–H and O–H groups in total. The minimum Gasteiger partial charge on any atom is -0.462 e. The predicted molar refractivity (Wildman–Crippen MR) is 265 cm³/mol. The van der Waals surface area contributed by atoms with E-state index in [1.165, 1.54) is 116 Å². The zero-order valence-electron chi connectivity index (χ0n) is 40.9. The van der Waals surface area contributed by atoms with Gasteiger partial charge in [0.05, 0.1) is 0 Å². The summed E-state index contributed by atoms with van der Waals surface area (Å²) in [5.74, 6) is -0.893. The predicted octanol–water partition coefficient (Wildman–Crippen LogP) is 17.3. The van der Waals surface area contributed by atoms with Crippen LogP contribution in [0.1, 0.15) is 258 Å². The molecular weight excluding hydrogens is 769 g/mol. The van der Waals surface area contributed by atoms with E-state index >= 15 is 0 Å². The van der Waals surface area contributed by atoms with Crippen LogP contribution in [0.5, 0.6) is 0 Å². The van der Waals surface area contributed by atoms with Gasteiger partial charge in [-0.05, 0) is 83.5 Å². The summed E-state index contributed by atoms with van der Waals surface area (Å²) in [6.45, 7) is 6.49. The van der Waals surface area contributed by atoms with Crippen molar-refractivity contribution in [1.29, 1.82) is 0 Å². The Balaban J connectivity index is 4.30. The van der Waals surface area contributed by atoms with Crippen LogP contribution in [0.4, 0.5) is 0 Å². The van der Waals surface area contributed by atoms with E-state index in [0.29, 0.717) is 19.3 Å². The number of carbonyl (C=O) groups excluding carboxylic acids is 3. The van der Waals surface area contributed by atoms with Gasteiger partial charge >= 0.3 is 17.9 Å². The van der Waals surface area contributed by atoms with Crippen LogP contribution < -0.4 is 0 Å². The first-order valence-corrected chi connectivity index (χ1v) is 26.3. The SMILES string of the molecule is CC/C=C\C/C=C\C/C=C\C/C=C\CCCCCCCCCCC(=O)OCC(COC(=O)CCCCCCCCCCC)OC(=O)CCCCCCC/C=C\CCCCCCC. The lowest BCUT2D eigenvalue weighted by Gasteiger charge is -2.18. The Bertz CT molecular complexity index is 1130. The molecule has 0 aliphatic heterocycles. The van der Waals surface area contributed by atoms with Gasteiger partial charge in [0.2, 0.25) is 0 Å². The van der Waals surface area contributed by atoms with Crippen molar-refractivity contribution in [2.24, 2.45) is 0 Å². The smallest absolute Gasteiger partial charge is 0.306 e. The second kappa shape index (κ2) is 50.8. The Kier molecular flexibility index (Phi) is 48.4. The number of rotatable bonds is 47. The third-order valence-corrected chi connectivity index (χ3v) is 11.3. The number of unbranched alkanes of at least 4 members (excludes halogenated alkanes) is 26. The summed E-state index contributed by atoms with van der Waals surface area (Å²) in [4.78, 5) is 37.9. The lowest BCUT2D eigenvalue weighted by molar-refractivity contribution is -0.167. The van der Waals surface area contributed by atoms with Crippen molar-refractivity contribution in [3.63, 3.8) is 0 Å². The highest BCUT2D eigenvalue weighted by Crippen LogP contribution is 2.15. The van der Waals surface area contributed by atoms with Gasteiger partial charge in [0, 0.05) is 19.3 Å². The molecule has 0 aliphatic rings. The zero-order chi connectivity index (χ0) is 45.1. The number of esters is 3. The van der Waals surface area contributed by atoms with Gasteiger partial charge in [-0.3, -0.25) is 14.4 Å². The third kappa shape index (κ3) is 48.1. The Hall–Kier alpha value is -2.89. The first kappa shape index (κ1) is 59.1. The minimum absolute atomic E-state index is 0.0784. The Labute approximate surface area is 383 Å². The molecule has 0 aromatic carbocycles. The largest absolute Gasteiger partial charge is 0.462 e. The van der Waals surface area contributed by atoms with Crippen molar-refractivity contribution in [1.82, 2.24) is 0 Å². The van der Waals surface area contributed by atoms with Crippen molar-refractivity contribution in [3.05, 3.63) is 60.8 Å². The molecule has 0 saturated heterocycles. The van der Waals surface area contributed by atoms with Crippen LogP contribution in [0.15, 0.2) is 60.8 Å². The highest BCUT2D eigenvalue weighted by atomic mass is 16.6. The summed E-state index contributed by atoms with van der Waals surface area (Å²) < 4.78 is 16.8. The standard InChI is InChI=1S/C56H98O6/c1-4-7-10-13-16-19-21-23-25-26-27-28-29-30-31-33-34-37-40-43-46-49-55(58)61-52-53(51-60-54(57)48-45-42-39-36-18-15-12-9-6-3)62-56(59)50-47-44-41-38-35-32-24-22-20-17-14-11-8-5-2/h7,10,16,19,22-25,27-28,53H,4-6,8-9,11-15,17-18,20-21,26,29-52H2,1-3H3/b10-7-,19-16-,24-22-,25-23-,28-27-. The molecule has 6 heteroatoms. The molecular formula is C56H98O6. The zero-order valence-corrected chi connectivity index (χ0v) is 40.9. The summed E-state index contributed by atoms with van der Waals surface area (Å²) in [6, 6.07) is 0. The van der Waals surface area contributed by atoms with Crippen LogP contribution in [0.2, 0.25) is 0 Å². The maximum atomic E-state index is 12.8. The van der Waals surface area contributed by atoms with E-state index in [0.717, 1.165) is 103 Å². The van der Waals surface area contributed by atoms with E-state index < -0.39 is 6.10 Å². The summed E-state index contributed by atoms with van der Waals surface area (Å²) in [5, 5.41) is 0. The molecule has 62 heavy (non-hydrogen) atoms. The third-order valence-electron chi connectivity index (χ3n) is 11.3. The molecule has 1 unspecified atom stereocenters. The van der Waals surface area contributed by atoms with Gasteiger partial charge in [-0.25, -0.2) is 0 Å². The normalized spacial score (nSPS) is 12.5. The fraction of sp³-hybridized carbons (Fsp3) is 0.768. The molecule has 358 valence electrons. The van der Waals surface area contributed by atoms with Gasteiger partial charge in [-0.2, -0.15) is 0 Å². The minimum atomic E-state index is -0.778.